The molecule has 160 valence electrons. The van der Waals surface area contributed by atoms with Gasteiger partial charge in [-0.1, -0.05) is 42.4 Å². The summed E-state index contributed by atoms with van der Waals surface area (Å²) in [4.78, 5) is 15.6. The number of aromatic nitrogens is 2. The molecule has 9 nitrogen and oxygen atoms in total. The van der Waals surface area contributed by atoms with Gasteiger partial charge in [0.25, 0.3) is 0 Å². The summed E-state index contributed by atoms with van der Waals surface area (Å²) in [5, 5.41) is 19.2. The number of aliphatic hydroxyl groups excluding tert-OH is 2. The topological polar surface area (TPSA) is 137 Å². The van der Waals surface area contributed by atoms with E-state index < -0.39 is 36.8 Å². The van der Waals surface area contributed by atoms with Crippen LogP contribution in [0.25, 0.3) is 0 Å². The maximum Gasteiger partial charge on any atom is 0.350 e. The van der Waals surface area contributed by atoms with Crippen molar-refractivity contribution in [2.45, 2.75) is 48.3 Å². The Labute approximate surface area is 176 Å². The second-order valence-electron chi connectivity index (χ2n) is 7.02. The second-order valence-corrected chi connectivity index (χ2v) is 12.7. The molecule has 1 aliphatic heterocycles. The Kier molecular flexibility index (Phi) is 9.21. The molecule has 0 saturated carbocycles. The van der Waals surface area contributed by atoms with Gasteiger partial charge in [0.1, 0.15) is 17.3 Å². The number of hydrogen-bond acceptors (Lipinski definition) is 11. The first kappa shape index (κ1) is 24.1. The third kappa shape index (κ3) is 7.24. The predicted octanol–water partition coefficient (Wildman–Crippen LogP) is 1.76. The van der Waals surface area contributed by atoms with Crippen LogP contribution in [-0.4, -0.2) is 60.9 Å². The normalized spacial score (nSPS) is 26.5. The van der Waals surface area contributed by atoms with E-state index in [-0.39, 0.29) is 17.2 Å². The molecule has 1 aromatic heterocycles. The molecule has 1 fully saturated rings. The maximum atomic E-state index is 12.0. The van der Waals surface area contributed by atoms with Gasteiger partial charge >= 0.3 is 13.9 Å². The fourth-order valence-corrected chi connectivity index (χ4v) is 6.77. The van der Waals surface area contributed by atoms with Gasteiger partial charge in [0.05, 0.1) is 24.6 Å². The van der Waals surface area contributed by atoms with E-state index in [1.54, 1.807) is 21.6 Å². The highest BCUT2D eigenvalue weighted by atomic mass is 33.1. The number of thioether (sulfide) groups is 1. The number of rotatable bonds is 9. The fraction of sp³-hybridized carbons (Fsp3) is 0.733. The Bertz CT molecular complexity index is 732. The van der Waals surface area contributed by atoms with Crippen molar-refractivity contribution < 1.29 is 23.8 Å². The third-order valence-electron chi connectivity index (χ3n) is 3.52. The maximum absolute atomic E-state index is 12.0. The first-order chi connectivity index (χ1) is 13.1. The predicted molar refractivity (Wildman–Crippen MR) is 116 cm³/mol. The molecular weight excluding hydrogens is 445 g/mol. The number of nitrogen functional groups attached to an aromatic ring is 1. The molecule has 2 rings (SSSR count). The molecule has 1 aromatic rings. The van der Waals surface area contributed by atoms with Gasteiger partial charge in [-0.25, -0.2) is 4.79 Å². The largest absolute Gasteiger partial charge is 0.389 e. The van der Waals surface area contributed by atoms with Crippen LogP contribution in [0.4, 0.5) is 5.82 Å². The Morgan fingerprint density at radius 2 is 2.07 bits per heavy atom. The summed E-state index contributed by atoms with van der Waals surface area (Å²) < 4.78 is 23.6. The Hall–Kier alpha value is -0.200. The average Bonchev–Trinajstić information content (AvgIpc) is 2.87. The van der Waals surface area contributed by atoms with Crippen molar-refractivity contribution in [2.75, 3.05) is 24.7 Å². The van der Waals surface area contributed by atoms with Gasteiger partial charge in [0.2, 0.25) is 0 Å². The second kappa shape index (κ2) is 10.7. The average molecular weight is 472 g/mol. The molecule has 2 heterocycles. The van der Waals surface area contributed by atoms with Gasteiger partial charge in [-0.05, 0) is 6.07 Å². The Morgan fingerprint density at radius 3 is 2.71 bits per heavy atom. The summed E-state index contributed by atoms with van der Waals surface area (Å²) in [6, 6.07) is 1.44. The number of hydrogen-bond donors (Lipinski definition) is 3. The van der Waals surface area contributed by atoms with E-state index in [1.807, 2.05) is 0 Å². The van der Waals surface area contributed by atoms with E-state index in [9.17, 15) is 19.6 Å². The molecule has 0 aromatic carbocycles. The molecule has 0 amide bonds. The first-order valence-electron chi connectivity index (χ1n) is 8.55. The highest BCUT2D eigenvalue weighted by Gasteiger charge is 2.44. The van der Waals surface area contributed by atoms with Gasteiger partial charge in [0.15, 0.2) is 0 Å². The lowest BCUT2D eigenvalue weighted by molar-refractivity contribution is 0.0112. The van der Waals surface area contributed by atoms with E-state index >= 15 is 0 Å². The van der Waals surface area contributed by atoms with Crippen molar-refractivity contribution in [1.29, 1.82) is 0 Å². The van der Waals surface area contributed by atoms with Gasteiger partial charge in [-0.15, -0.1) is 11.8 Å². The molecule has 0 aliphatic carbocycles. The summed E-state index contributed by atoms with van der Waals surface area (Å²) in [6.07, 6.45) is -0.926. The quantitative estimate of drug-likeness (QED) is 0.276. The molecule has 5 atom stereocenters. The third-order valence-corrected chi connectivity index (χ3v) is 9.22. The van der Waals surface area contributed by atoms with Crippen molar-refractivity contribution in [3.05, 3.63) is 22.7 Å². The summed E-state index contributed by atoms with van der Waals surface area (Å²) >= 11 is 1.15. The van der Waals surface area contributed by atoms with E-state index in [0.29, 0.717) is 12.4 Å². The van der Waals surface area contributed by atoms with Crippen molar-refractivity contribution >= 4 is 47.4 Å². The van der Waals surface area contributed by atoms with Crippen LogP contribution in [0.3, 0.4) is 0 Å². The van der Waals surface area contributed by atoms with Crippen LogP contribution in [0.5, 0.6) is 0 Å². The van der Waals surface area contributed by atoms with Crippen LogP contribution in [0, 0.1) is 0 Å². The molecule has 13 heteroatoms. The molecule has 0 spiro atoms. The number of nitrogens with zero attached hydrogens (tertiary/aromatic N) is 2. The van der Waals surface area contributed by atoms with Crippen LogP contribution in [0.15, 0.2) is 17.1 Å². The molecule has 0 radical (unpaired) electrons. The summed E-state index contributed by atoms with van der Waals surface area (Å²) in [7, 11) is 0.652. The zero-order chi connectivity index (χ0) is 20.9. The summed E-state index contributed by atoms with van der Waals surface area (Å²) in [5.41, 5.74) is 4.85. The Balaban J connectivity index is 1.78. The molecule has 1 aliphatic rings. The van der Waals surface area contributed by atoms with E-state index in [1.165, 1.54) is 16.8 Å². The van der Waals surface area contributed by atoms with E-state index in [2.05, 4.69) is 25.8 Å². The van der Waals surface area contributed by atoms with Crippen LogP contribution < -0.4 is 11.4 Å². The number of anilines is 1. The van der Waals surface area contributed by atoms with Crippen molar-refractivity contribution in [3.8, 4) is 0 Å². The highest BCUT2D eigenvalue weighted by molar-refractivity contribution is 8.77. The summed E-state index contributed by atoms with van der Waals surface area (Å²) in [5.74, 6) is 0.755. The standard InChI is InChI=1S/C15H26N3O6PS3/c1-15(2,3)28-26-7-6-23-25(22)24-8-9-11(19)12(20)13(27-9)18-5-4-10(16)17-14(18)21/h4-5,9,11-13,19-20,25H,6-8H2,1-3H3,(H2,16,17,21)/t9-,11-,12+,13-/m1/s1. The van der Waals surface area contributed by atoms with Crippen LogP contribution in [0.2, 0.25) is 0 Å². The minimum Gasteiger partial charge on any atom is -0.389 e. The number of aliphatic hydroxyl groups is 2. The molecule has 0 bridgehead atoms. The molecule has 4 N–H and O–H groups in total. The molecule has 1 unspecified atom stereocenters. The Morgan fingerprint density at radius 1 is 1.36 bits per heavy atom. The molecule has 28 heavy (non-hydrogen) atoms. The van der Waals surface area contributed by atoms with E-state index in [0.717, 1.165) is 11.8 Å². The van der Waals surface area contributed by atoms with Crippen LogP contribution in [-0.2, 0) is 13.6 Å². The molecular formula is C15H26N3O6PS3. The lowest BCUT2D eigenvalue weighted by Gasteiger charge is -2.17. The van der Waals surface area contributed by atoms with Crippen LogP contribution in [0.1, 0.15) is 26.1 Å². The minimum atomic E-state index is -2.70. The zero-order valence-corrected chi connectivity index (χ0v) is 19.3. The summed E-state index contributed by atoms with van der Waals surface area (Å²) in [6.45, 7) is 6.55. The first-order valence-corrected chi connectivity index (χ1v) is 13.0. The fourth-order valence-electron chi connectivity index (χ4n) is 2.29. The van der Waals surface area contributed by atoms with Gasteiger partial charge < -0.3 is 25.0 Å². The highest BCUT2D eigenvalue weighted by Crippen LogP contribution is 2.42. The number of nitrogens with two attached hydrogens (primary N) is 1. The molecule has 1 saturated heterocycles. The van der Waals surface area contributed by atoms with Gasteiger partial charge in [-0.3, -0.25) is 9.13 Å². The van der Waals surface area contributed by atoms with Crippen LogP contribution >= 0.6 is 41.6 Å². The lowest BCUT2D eigenvalue weighted by atomic mass is 10.1. The van der Waals surface area contributed by atoms with E-state index in [4.69, 9.17) is 14.8 Å². The van der Waals surface area contributed by atoms with Gasteiger partial charge in [0, 0.05) is 16.7 Å². The lowest BCUT2D eigenvalue weighted by Crippen LogP contribution is -2.36. The smallest absolute Gasteiger partial charge is 0.350 e. The van der Waals surface area contributed by atoms with Crippen molar-refractivity contribution in [2.24, 2.45) is 0 Å². The van der Waals surface area contributed by atoms with Gasteiger partial charge in [-0.2, -0.15) is 4.98 Å². The van der Waals surface area contributed by atoms with Crippen molar-refractivity contribution in [1.82, 2.24) is 9.55 Å². The SMILES string of the molecule is CC(C)(C)SSCCO[PH](=O)OC[C@H]1S[C@@H](n2ccc(N)nc2=O)[C@@H](O)[C@@H]1O. The monoisotopic (exact) mass is 471 g/mol. The zero-order valence-electron chi connectivity index (χ0n) is 15.8. The van der Waals surface area contributed by atoms with Crippen molar-refractivity contribution in [3.63, 3.8) is 0 Å². The minimum absolute atomic E-state index is 0.0712.